The summed E-state index contributed by atoms with van der Waals surface area (Å²) in [6.07, 6.45) is 0. The molecule has 0 radical (unpaired) electrons. The van der Waals surface area contributed by atoms with Crippen molar-refractivity contribution in [1.29, 1.82) is 5.26 Å². The van der Waals surface area contributed by atoms with Crippen molar-refractivity contribution in [2.24, 2.45) is 10.9 Å². The molecule has 1 aliphatic heterocycles. The average Bonchev–Trinajstić information content (AvgIpc) is 2.80. The van der Waals surface area contributed by atoms with Crippen molar-refractivity contribution in [3.63, 3.8) is 0 Å². The Morgan fingerprint density at radius 1 is 1.56 bits per heavy atom. The van der Waals surface area contributed by atoms with E-state index in [-0.39, 0.29) is 0 Å². The zero-order valence-electron chi connectivity index (χ0n) is 10.3. The van der Waals surface area contributed by atoms with Crippen LogP contribution in [0.2, 0.25) is 0 Å². The number of hydrogen-bond donors (Lipinski definition) is 1. The lowest BCUT2D eigenvalue weighted by atomic mass is 10.1. The number of amidine groups is 1. The maximum atomic E-state index is 13.7. The van der Waals surface area contributed by atoms with Gasteiger partial charge in [0.25, 0.3) is 0 Å². The predicted octanol–water partition coefficient (Wildman–Crippen LogP) is 3.24. The molecule has 0 bridgehead atoms. The molecule has 5 heteroatoms. The van der Waals surface area contributed by atoms with Gasteiger partial charge in [-0.2, -0.15) is 5.26 Å². The van der Waals surface area contributed by atoms with Crippen LogP contribution in [0.5, 0.6) is 0 Å². The molecule has 3 nitrogen and oxygen atoms in total. The number of hydrogen-bond acceptors (Lipinski definition) is 4. The van der Waals surface area contributed by atoms with Gasteiger partial charge in [-0.15, -0.1) is 0 Å². The van der Waals surface area contributed by atoms with Gasteiger partial charge in [-0.3, -0.25) is 4.99 Å². The lowest BCUT2D eigenvalue weighted by Crippen LogP contribution is -2.13. The second-order valence-corrected chi connectivity index (χ2v) is 5.71. The van der Waals surface area contributed by atoms with Crippen molar-refractivity contribution in [3.8, 4) is 6.07 Å². The second-order valence-electron chi connectivity index (χ2n) is 4.48. The molecule has 0 spiro atoms. The highest BCUT2D eigenvalue weighted by molar-refractivity contribution is 8.15. The molecule has 1 N–H and O–H groups in total. The van der Waals surface area contributed by atoms with Gasteiger partial charge in [-0.05, 0) is 24.1 Å². The topological polar surface area (TPSA) is 48.2 Å². The average molecular weight is 263 g/mol. The first kappa shape index (κ1) is 12.9. The maximum Gasteiger partial charge on any atom is 0.161 e. The quantitative estimate of drug-likeness (QED) is 0.891. The smallest absolute Gasteiger partial charge is 0.161 e. The summed E-state index contributed by atoms with van der Waals surface area (Å²) in [5.41, 5.74) is 0.684. The number of rotatable bonds is 2. The minimum Gasteiger partial charge on any atom is -0.333 e. The fourth-order valence-electron chi connectivity index (χ4n) is 1.61. The molecule has 1 atom stereocenters. The Morgan fingerprint density at radius 2 is 2.33 bits per heavy atom. The van der Waals surface area contributed by atoms with E-state index in [0.717, 1.165) is 11.7 Å². The first-order valence-corrected chi connectivity index (χ1v) is 6.66. The highest BCUT2D eigenvalue weighted by atomic mass is 32.2. The minimum atomic E-state index is -0.426. The Kier molecular flexibility index (Phi) is 3.87. The van der Waals surface area contributed by atoms with E-state index in [0.29, 0.717) is 22.4 Å². The van der Waals surface area contributed by atoms with Crippen LogP contribution in [0.15, 0.2) is 23.2 Å². The summed E-state index contributed by atoms with van der Waals surface area (Å²) in [5.74, 6) is 0.120. The summed E-state index contributed by atoms with van der Waals surface area (Å²) in [7, 11) is 0. The number of benzene rings is 1. The van der Waals surface area contributed by atoms with Crippen LogP contribution in [0, 0.1) is 23.1 Å². The van der Waals surface area contributed by atoms with Crippen LogP contribution in [0.1, 0.15) is 19.4 Å². The van der Waals surface area contributed by atoms with E-state index < -0.39 is 5.82 Å². The fourth-order valence-corrected chi connectivity index (χ4v) is 2.63. The van der Waals surface area contributed by atoms with Gasteiger partial charge < -0.3 is 5.32 Å². The van der Waals surface area contributed by atoms with Crippen LogP contribution in [0.25, 0.3) is 0 Å². The van der Waals surface area contributed by atoms with Crippen LogP contribution >= 0.6 is 11.8 Å². The molecule has 0 amide bonds. The summed E-state index contributed by atoms with van der Waals surface area (Å²) in [4.78, 5) is 4.35. The molecule has 1 unspecified atom stereocenters. The largest absolute Gasteiger partial charge is 0.333 e. The number of nitriles is 1. The molecular weight excluding hydrogens is 249 g/mol. The Bertz CT molecular complexity index is 519. The Hall–Kier alpha value is -1.54. The monoisotopic (exact) mass is 263 g/mol. The number of anilines is 1. The molecule has 1 heterocycles. The van der Waals surface area contributed by atoms with E-state index in [2.05, 4.69) is 24.2 Å². The SMILES string of the molecule is CC(C)C1CN=C(Nc2ccc(C#N)cc2F)S1. The fraction of sp³-hybridized carbons (Fsp3) is 0.385. The maximum absolute atomic E-state index is 13.7. The van der Waals surface area contributed by atoms with Gasteiger partial charge in [-0.1, -0.05) is 25.6 Å². The van der Waals surface area contributed by atoms with Crippen molar-refractivity contribution in [1.82, 2.24) is 0 Å². The van der Waals surface area contributed by atoms with Crippen LogP contribution in [-0.4, -0.2) is 17.0 Å². The molecule has 1 aromatic carbocycles. The zero-order valence-corrected chi connectivity index (χ0v) is 11.1. The predicted molar refractivity (Wildman–Crippen MR) is 73.3 cm³/mol. The van der Waals surface area contributed by atoms with E-state index in [1.807, 2.05) is 6.07 Å². The van der Waals surface area contributed by atoms with Crippen LogP contribution in [-0.2, 0) is 0 Å². The van der Waals surface area contributed by atoms with Gasteiger partial charge in [0.05, 0.1) is 23.9 Å². The summed E-state index contributed by atoms with van der Waals surface area (Å²) >= 11 is 1.64. The van der Waals surface area contributed by atoms with Gasteiger partial charge >= 0.3 is 0 Å². The molecule has 0 aromatic heterocycles. The van der Waals surface area contributed by atoms with E-state index in [4.69, 9.17) is 5.26 Å². The first-order valence-electron chi connectivity index (χ1n) is 5.78. The Balaban J connectivity index is 2.05. The highest BCUT2D eigenvalue weighted by Gasteiger charge is 2.22. The number of thioether (sulfide) groups is 1. The molecule has 94 valence electrons. The van der Waals surface area contributed by atoms with Crippen molar-refractivity contribution < 1.29 is 4.39 Å². The van der Waals surface area contributed by atoms with Gasteiger partial charge in [0.2, 0.25) is 0 Å². The molecular formula is C13H14FN3S. The van der Waals surface area contributed by atoms with Gasteiger partial charge in [-0.25, -0.2) is 4.39 Å². The Labute approximate surface area is 110 Å². The lowest BCUT2D eigenvalue weighted by molar-refractivity contribution is 0.621. The van der Waals surface area contributed by atoms with Crippen LogP contribution in [0.4, 0.5) is 10.1 Å². The lowest BCUT2D eigenvalue weighted by Gasteiger charge is -2.12. The van der Waals surface area contributed by atoms with Gasteiger partial charge in [0.1, 0.15) is 5.82 Å². The number of nitrogens with one attached hydrogen (secondary N) is 1. The molecule has 0 saturated heterocycles. The standard InChI is InChI=1S/C13H14FN3S/c1-8(2)12-7-16-13(18-12)17-11-4-3-9(6-15)5-10(11)14/h3-5,8,12H,7H2,1-2H3,(H,16,17). The third-order valence-corrected chi connectivity index (χ3v) is 4.21. The Morgan fingerprint density at radius 3 is 2.89 bits per heavy atom. The van der Waals surface area contributed by atoms with E-state index in [1.165, 1.54) is 6.07 Å². The molecule has 0 saturated carbocycles. The van der Waals surface area contributed by atoms with Gasteiger partial charge in [0, 0.05) is 5.25 Å². The zero-order chi connectivity index (χ0) is 13.1. The number of nitrogens with zero attached hydrogens (tertiary/aromatic N) is 2. The minimum absolute atomic E-state index is 0.319. The van der Waals surface area contributed by atoms with E-state index >= 15 is 0 Å². The molecule has 1 aliphatic rings. The van der Waals surface area contributed by atoms with Crippen LogP contribution in [0.3, 0.4) is 0 Å². The third-order valence-electron chi connectivity index (χ3n) is 2.76. The van der Waals surface area contributed by atoms with Crippen molar-refractivity contribution in [2.45, 2.75) is 19.1 Å². The van der Waals surface area contributed by atoms with Crippen molar-refractivity contribution >= 4 is 22.6 Å². The summed E-state index contributed by atoms with van der Waals surface area (Å²) < 4.78 is 13.7. The normalized spacial score (nSPS) is 18.6. The molecule has 0 aliphatic carbocycles. The highest BCUT2D eigenvalue weighted by Crippen LogP contribution is 2.28. The second kappa shape index (κ2) is 5.40. The number of aliphatic imine (C=N–C) groups is 1. The molecule has 2 rings (SSSR count). The summed E-state index contributed by atoms with van der Waals surface area (Å²) in [6.45, 7) is 5.07. The van der Waals surface area contributed by atoms with Gasteiger partial charge in [0.15, 0.2) is 5.17 Å². The number of halogens is 1. The van der Waals surface area contributed by atoms with Crippen LogP contribution < -0.4 is 5.32 Å². The molecule has 18 heavy (non-hydrogen) atoms. The summed E-state index contributed by atoms with van der Waals surface area (Å²) in [5, 5.41) is 12.8. The molecule has 0 fully saturated rings. The van der Waals surface area contributed by atoms with Crippen molar-refractivity contribution in [2.75, 3.05) is 11.9 Å². The third kappa shape index (κ3) is 2.82. The first-order chi connectivity index (χ1) is 8.60. The summed E-state index contributed by atoms with van der Waals surface area (Å²) in [6, 6.07) is 6.29. The van der Waals surface area contributed by atoms with Crippen molar-refractivity contribution in [3.05, 3.63) is 29.6 Å². The molecule has 1 aromatic rings. The van der Waals surface area contributed by atoms with E-state index in [1.54, 1.807) is 23.9 Å². The van der Waals surface area contributed by atoms with E-state index in [9.17, 15) is 4.39 Å².